The van der Waals surface area contributed by atoms with Crippen LogP contribution in [0, 0.1) is 0 Å². The van der Waals surface area contributed by atoms with E-state index in [2.05, 4.69) is 34.2 Å². The molecule has 2 N–H and O–H groups in total. The Morgan fingerprint density at radius 3 is 2.11 bits per heavy atom. The van der Waals surface area contributed by atoms with E-state index in [0.717, 1.165) is 11.3 Å². The first-order chi connectivity index (χ1) is 12.2. The fourth-order valence-corrected chi connectivity index (χ4v) is 2.62. The van der Waals surface area contributed by atoms with Gasteiger partial charge in [-0.05, 0) is 38.5 Å². The van der Waals surface area contributed by atoms with Gasteiger partial charge in [-0.3, -0.25) is 0 Å². The van der Waals surface area contributed by atoms with Crippen LogP contribution in [0.15, 0.2) is 29.3 Å². The molecule has 1 aliphatic rings. The highest BCUT2D eigenvalue weighted by Crippen LogP contribution is 2.14. The molecule has 27 heavy (non-hydrogen) atoms. The van der Waals surface area contributed by atoms with E-state index in [9.17, 15) is 4.79 Å². The molecule has 0 unspecified atom stereocenters. The number of piperazine rings is 1. The number of rotatable bonds is 3. The van der Waals surface area contributed by atoms with Crippen LogP contribution in [-0.2, 0) is 11.3 Å². The third-order valence-corrected chi connectivity index (χ3v) is 4.13. The van der Waals surface area contributed by atoms with Crippen LogP contribution < -0.4 is 10.6 Å². The summed E-state index contributed by atoms with van der Waals surface area (Å²) in [5.74, 6) is 0.519. The van der Waals surface area contributed by atoms with Crippen molar-refractivity contribution >= 4 is 41.7 Å². The molecule has 0 aromatic heterocycles. The van der Waals surface area contributed by atoms with Crippen molar-refractivity contribution < 1.29 is 9.53 Å². The van der Waals surface area contributed by atoms with Gasteiger partial charge < -0.3 is 25.2 Å². The van der Waals surface area contributed by atoms with Crippen LogP contribution in [0.4, 0.5) is 10.5 Å². The Morgan fingerprint density at radius 1 is 1.11 bits per heavy atom. The Kier molecular flexibility index (Phi) is 8.64. The molecule has 0 saturated carbocycles. The highest BCUT2D eigenvalue weighted by molar-refractivity contribution is 14.0. The van der Waals surface area contributed by atoms with Gasteiger partial charge in [0.05, 0.1) is 6.54 Å². The predicted molar refractivity (Wildman–Crippen MR) is 121 cm³/mol. The largest absolute Gasteiger partial charge is 0.444 e. The van der Waals surface area contributed by atoms with Crippen LogP contribution in [0.25, 0.3) is 0 Å². The lowest BCUT2D eigenvalue weighted by Crippen LogP contribution is -2.53. The maximum Gasteiger partial charge on any atom is 0.410 e. The van der Waals surface area contributed by atoms with Crippen molar-refractivity contribution in [3.05, 3.63) is 29.8 Å². The number of nitrogens with zero attached hydrogens (tertiary/aromatic N) is 4. The second-order valence-corrected chi connectivity index (χ2v) is 7.69. The Morgan fingerprint density at radius 2 is 1.63 bits per heavy atom. The minimum Gasteiger partial charge on any atom is -0.444 e. The summed E-state index contributed by atoms with van der Waals surface area (Å²) in [4.78, 5) is 22.4. The van der Waals surface area contributed by atoms with E-state index in [-0.39, 0.29) is 30.1 Å². The van der Waals surface area contributed by atoms with Gasteiger partial charge in [-0.25, -0.2) is 9.79 Å². The van der Waals surface area contributed by atoms with Crippen LogP contribution >= 0.6 is 24.0 Å². The normalized spacial score (nSPS) is 15.2. The van der Waals surface area contributed by atoms with Crippen molar-refractivity contribution in [3.63, 3.8) is 0 Å². The number of carbonyl (C=O) groups excluding carboxylic acids is 1. The summed E-state index contributed by atoms with van der Waals surface area (Å²) in [6.45, 7) is 8.66. The maximum atomic E-state index is 12.1. The molecule has 1 aromatic rings. The molecule has 1 heterocycles. The third kappa shape index (κ3) is 7.43. The molecule has 2 rings (SSSR count). The smallest absolute Gasteiger partial charge is 0.410 e. The number of benzene rings is 1. The van der Waals surface area contributed by atoms with E-state index in [4.69, 9.17) is 10.5 Å². The number of anilines is 1. The van der Waals surface area contributed by atoms with E-state index < -0.39 is 5.60 Å². The lowest BCUT2D eigenvalue weighted by molar-refractivity contribution is 0.0186. The van der Waals surface area contributed by atoms with E-state index in [1.807, 2.05) is 39.8 Å². The molecule has 0 radical (unpaired) electrons. The van der Waals surface area contributed by atoms with Crippen molar-refractivity contribution in [2.24, 2.45) is 10.7 Å². The van der Waals surface area contributed by atoms with Crippen molar-refractivity contribution in [1.29, 1.82) is 0 Å². The summed E-state index contributed by atoms with van der Waals surface area (Å²) in [5.41, 5.74) is 7.93. The zero-order chi connectivity index (χ0) is 19.3. The minimum absolute atomic E-state index is 0. The van der Waals surface area contributed by atoms with Crippen molar-refractivity contribution in [3.8, 4) is 0 Å². The SMILES string of the molecule is CN(C)c1ccc(CN=C(N)N2CCN(C(=O)OC(C)(C)C)CC2)cc1.I. The van der Waals surface area contributed by atoms with Gasteiger partial charge in [0.2, 0.25) is 0 Å². The Labute approximate surface area is 179 Å². The number of aliphatic imine (C=N–C) groups is 1. The molecule has 1 saturated heterocycles. The molecular weight excluding hydrogens is 457 g/mol. The fraction of sp³-hybridized carbons (Fsp3) is 0.579. The highest BCUT2D eigenvalue weighted by atomic mass is 127. The summed E-state index contributed by atoms with van der Waals surface area (Å²) in [5, 5.41) is 0. The zero-order valence-corrected chi connectivity index (χ0v) is 19.3. The molecule has 0 spiro atoms. The number of halogens is 1. The van der Waals surface area contributed by atoms with Crippen LogP contribution in [0.5, 0.6) is 0 Å². The van der Waals surface area contributed by atoms with Gasteiger partial charge in [0.15, 0.2) is 5.96 Å². The number of ether oxygens (including phenoxy) is 1. The first-order valence-electron chi connectivity index (χ1n) is 8.95. The van der Waals surface area contributed by atoms with Crippen molar-refractivity contribution in [1.82, 2.24) is 9.80 Å². The van der Waals surface area contributed by atoms with Crippen molar-refractivity contribution in [2.75, 3.05) is 45.2 Å². The van der Waals surface area contributed by atoms with Gasteiger partial charge in [-0.15, -0.1) is 24.0 Å². The fourth-order valence-electron chi connectivity index (χ4n) is 2.62. The quantitative estimate of drug-likeness (QED) is 0.402. The maximum absolute atomic E-state index is 12.1. The summed E-state index contributed by atoms with van der Waals surface area (Å²) in [7, 11) is 4.03. The molecule has 1 fully saturated rings. The third-order valence-electron chi connectivity index (χ3n) is 4.13. The van der Waals surface area contributed by atoms with Gasteiger partial charge in [0.1, 0.15) is 5.60 Å². The van der Waals surface area contributed by atoms with E-state index in [0.29, 0.717) is 38.7 Å². The average molecular weight is 489 g/mol. The summed E-state index contributed by atoms with van der Waals surface area (Å²) in [6.07, 6.45) is -0.270. The molecule has 152 valence electrons. The van der Waals surface area contributed by atoms with Gasteiger partial charge in [-0.2, -0.15) is 0 Å². The first kappa shape index (κ1) is 23.3. The lowest BCUT2D eigenvalue weighted by Gasteiger charge is -2.36. The standard InChI is InChI=1S/C19H31N5O2.HI/c1-19(2,3)26-18(25)24-12-10-23(11-13-24)17(20)21-14-15-6-8-16(9-7-15)22(4)5;/h6-9H,10-14H2,1-5H3,(H2,20,21);1H. The van der Waals surface area contributed by atoms with Gasteiger partial charge in [0.25, 0.3) is 0 Å². The number of hydrogen-bond acceptors (Lipinski definition) is 4. The predicted octanol–water partition coefficient (Wildman–Crippen LogP) is 2.74. The molecule has 8 heteroatoms. The molecule has 1 amide bonds. The Hall–Kier alpha value is -1.71. The number of carbonyl (C=O) groups is 1. The molecule has 1 aromatic carbocycles. The second-order valence-electron chi connectivity index (χ2n) is 7.69. The van der Waals surface area contributed by atoms with E-state index in [1.165, 1.54) is 0 Å². The lowest BCUT2D eigenvalue weighted by atomic mass is 10.2. The molecule has 1 aliphatic heterocycles. The second kappa shape index (κ2) is 10.0. The van der Waals surface area contributed by atoms with Crippen LogP contribution in [-0.4, -0.2) is 67.7 Å². The Balaban J connectivity index is 0.00000364. The molecule has 0 aliphatic carbocycles. The number of hydrogen-bond donors (Lipinski definition) is 1. The van der Waals surface area contributed by atoms with Gasteiger partial charge >= 0.3 is 6.09 Å². The Bertz CT molecular complexity index is 632. The van der Waals surface area contributed by atoms with Crippen LogP contribution in [0.3, 0.4) is 0 Å². The average Bonchev–Trinajstić information content (AvgIpc) is 2.58. The summed E-state index contributed by atoms with van der Waals surface area (Å²) in [6, 6.07) is 8.26. The molecular formula is C19H32IN5O2. The summed E-state index contributed by atoms with van der Waals surface area (Å²) < 4.78 is 5.41. The van der Waals surface area contributed by atoms with Gasteiger partial charge in [-0.1, -0.05) is 12.1 Å². The first-order valence-corrected chi connectivity index (χ1v) is 8.95. The van der Waals surface area contributed by atoms with E-state index in [1.54, 1.807) is 4.90 Å². The number of amides is 1. The molecule has 0 atom stereocenters. The monoisotopic (exact) mass is 489 g/mol. The molecule has 7 nitrogen and oxygen atoms in total. The van der Waals surface area contributed by atoms with Crippen LogP contribution in [0.1, 0.15) is 26.3 Å². The van der Waals surface area contributed by atoms with Gasteiger partial charge in [0, 0.05) is 46.0 Å². The zero-order valence-electron chi connectivity index (χ0n) is 16.9. The van der Waals surface area contributed by atoms with Crippen LogP contribution in [0.2, 0.25) is 0 Å². The topological polar surface area (TPSA) is 74.4 Å². The number of nitrogens with two attached hydrogens (primary N) is 1. The summed E-state index contributed by atoms with van der Waals surface area (Å²) >= 11 is 0. The number of guanidine groups is 1. The highest BCUT2D eigenvalue weighted by Gasteiger charge is 2.26. The van der Waals surface area contributed by atoms with Crippen molar-refractivity contribution in [2.45, 2.75) is 32.9 Å². The molecule has 0 bridgehead atoms. The van der Waals surface area contributed by atoms with E-state index >= 15 is 0 Å². The minimum atomic E-state index is -0.475.